The molecular weight excluding hydrogens is 384 g/mol. The van der Waals surface area contributed by atoms with Crippen LogP contribution in [0.25, 0.3) is 0 Å². The Kier molecular flexibility index (Phi) is 7.30. The topological polar surface area (TPSA) is 96.9 Å². The van der Waals surface area contributed by atoms with Gasteiger partial charge in [0.25, 0.3) is 5.91 Å². The van der Waals surface area contributed by atoms with Gasteiger partial charge in [0.1, 0.15) is 6.29 Å². The first-order valence-electron chi connectivity index (χ1n) is 10.1. The van der Waals surface area contributed by atoms with Crippen LogP contribution in [-0.4, -0.2) is 43.7 Å². The largest absolute Gasteiger partial charge is 0.493 e. The second-order valence-electron chi connectivity index (χ2n) is 7.44. The van der Waals surface area contributed by atoms with Gasteiger partial charge < -0.3 is 25.2 Å². The van der Waals surface area contributed by atoms with E-state index in [0.29, 0.717) is 34.9 Å². The summed E-state index contributed by atoms with van der Waals surface area (Å²) in [5, 5.41) is 16.0. The van der Waals surface area contributed by atoms with Crippen LogP contribution in [0, 0.1) is 0 Å². The first-order valence-corrected chi connectivity index (χ1v) is 10.1. The third-order valence-electron chi connectivity index (χ3n) is 5.38. The van der Waals surface area contributed by atoms with Crippen molar-refractivity contribution >= 4 is 17.9 Å². The van der Waals surface area contributed by atoms with Crippen LogP contribution in [0.4, 0.5) is 5.69 Å². The number of amides is 1. The fourth-order valence-electron chi connectivity index (χ4n) is 3.66. The van der Waals surface area contributed by atoms with E-state index in [1.807, 2.05) is 12.1 Å². The minimum Gasteiger partial charge on any atom is -0.493 e. The van der Waals surface area contributed by atoms with Crippen LogP contribution in [0.1, 0.15) is 52.0 Å². The summed E-state index contributed by atoms with van der Waals surface area (Å²) in [5.41, 5.74) is 2.41. The summed E-state index contributed by atoms with van der Waals surface area (Å²) in [6.45, 7) is 0.305. The van der Waals surface area contributed by atoms with Gasteiger partial charge in [-0.15, -0.1) is 0 Å². The Morgan fingerprint density at radius 3 is 2.47 bits per heavy atom. The number of methoxy groups -OCH3 is 2. The molecule has 0 bridgehead atoms. The molecule has 0 unspecified atom stereocenters. The number of anilines is 1. The maximum atomic E-state index is 12.9. The molecule has 7 nitrogen and oxygen atoms in total. The number of ether oxygens (including phenoxy) is 2. The van der Waals surface area contributed by atoms with Crippen molar-refractivity contribution in [3.05, 3.63) is 53.1 Å². The van der Waals surface area contributed by atoms with Gasteiger partial charge in [-0.1, -0.05) is 6.07 Å². The van der Waals surface area contributed by atoms with Crippen molar-refractivity contribution < 1.29 is 24.2 Å². The number of hydrogen-bond acceptors (Lipinski definition) is 6. The standard InChI is InChI=1S/C23H28N2O5/c1-29-21-10-4-15(12-22(21)30-2)13-24-23(28)19-11-16(14-26)3-9-20(19)25-17-5-7-18(27)8-6-17/h3-4,9-12,14,17-18,25,27H,5-8,13H2,1-2H3,(H,24,28). The number of carbonyl (C=O) groups excluding carboxylic acids is 2. The van der Waals surface area contributed by atoms with Crippen molar-refractivity contribution in [2.75, 3.05) is 19.5 Å². The molecule has 30 heavy (non-hydrogen) atoms. The van der Waals surface area contributed by atoms with Crippen molar-refractivity contribution in [3.63, 3.8) is 0 Å². The first-order chi connectivity index (χ1) is 14.5. The fourth-order valence-corrected chi connectivity index (χ4v) is 3.66. The molecule has 3 N–H and O–H groups in total. The summed E-state index contributed by atoms with van der Waals surface area (Å²) >= 11 is 0. The highest BCUT2D eigenvalue weighted by molar-refractivity contribution is 6.01. The van der Waals surface area contributed by atoms with Crippen LogP contribution in [0.3, 0.4) is 0 Å². The van der Waals surface area contributed by atoms with E-state index in [1.165, 1.54) is 0 Å². The molecule has 1 fully saturated rings. The van der Waals surface area contributed by atoms with Crippen molar-refractivity contribution in [2.24, 2.45) is 0 Å². The molecule has 0 saturated heterocycles. The molecule has 160 valence electrons. The Morgan fingerprint density at radius 2 is 1.80 bits per heavy atom. The smallest absolute Gasteiger partial charge is 0.253 e. The van der Waals surface area contributed by atoms with Gasteiger partial charge in [0.05, 0.1) is 25.9 Å². The second-order valence-corrected chi connectivity index (χ2v) is 7.44. The highest BCUT2D eigenvalue weighted by Crippen LogP contribution is 2.28. The molecule has 0 radical (unpaired) electrons. The molecular formula is C23H28N2O5. The minimum atomic E-state index is -0.271. The molecule has 0 heterocycles. The Hall–Kier alpha value is -3.06. The highest BCUT2D eigenvalue weighted by Gasteiger charge is 2.21. The SMILES string of the molecule is COc1ccc(CNC(=O)c2cc(C=O)ccc2NC2CCC(O)CC2)cc1OC. The van der Waals surface area contributed by atoms with Crippen LogP contribution in [0.5, 0.6) is 11.5 Å². The Balaban J connectivity index is 1.73. The molecule has 1 saturated carbocycles. The molecule has 2 aromatic rings. The molecule has 0 spiro atoms. The van der Waals surface area contributed by atoms with Gasteiger partial charge in [-0.25, -0.2) is 0 Å². The summed E-state index contributed by atoms with van der Waals surface area (Å²) in [4.78, 5) is 24.1. The number of nitrogens with one attached hydrogen (secondary N) is 2. The van der Waals surface area contributed by atoms with Crippen LogP contribution in [-0.2, 0) is 6.54 Å². The van der Waals surface area contributed by atoms with Gasteiger partial charge in [0.15, 0.2) is 11.5 Å². The maximum absolute atomic E-state index is 12.9. The van der Waals surface area contributed by atoms with Gasteiger partial charge in [-0.05, 0) is 61.6 Å². The van der Waals surface area contributed by atoms with Crippen LogP contribution < -0.4 is 20.1 Å². The van der Waals surface area contributed by atoms with Crippen molar-refractivity contribution in [1.29, 1.82) is 0 Å². The lowest BCUT2D eigenvalue weighted by Gasteiger charge is -2.28. The average molecular weight is 412 g/mol. The van der Waals surface area contributed by atoms with Crippen LogP contribution in [0.2, 0.25) is 0 Å². The Bertz CT molecular complexity index is 891. The van der Waals surface area contributed by atoms with E-state index >= 15 is 0 Å². The molecule has 1 amide bonds. The Labute approximate surface area is 176 Å². The predicted octanol–water partition coefficient (Wildman–Crippen LogP) is 3.16. The first kappa shape index (κ1) is 21.6. The molecule has 0 aliphatic heterocycles. The third-order valence-corrected chi connectivity index (χ3v) is 5.38. The van der Waals surface area contributed by atoms with Gasteiger partial charge in [0, 0.05) is 23.8 Å². The lowest BCUT2D eigenvalue weighted by molar-refractivity contribution is 0.0951. The molecule has 0 atom stereocenters. The molecule has 1 aliphatic carbocycles. The molecule has 2 aromatic carbocycles. The van der Waals surface area contributed by atoms with Gasteiger partial charge in [0.2, 0.25) is 0 Å². The summed E-state index contributed by atoms with van der Waals surface area (Å²) in [6.07, 6.45) is 3.64. The van der Waals surface area contributed by atoms with Gasteiger partial charge in [-0.3, -0.25) is 9.59 Å². The van der Waals surface area contributed by atoms with E-state index in [9.17, 15) is 14.7 Å². The monoisotopic (exact) mass is 412 g/mol. The predicted molar refractivity (Wildman–Crippen MR) is 114 cm³/mol. The molecule has 3 rings (SSSR count). The summed E-state index contributed by atoms with van der Waals surface area (Å²) < 4.78 is 10.5. The van der Waals surface area contributed by atoms with Gasteiger partial charge in [-0.2, -0.15) is 0 Å². The summed E-state index contributed by atoms with van der Waals surface area (Å²) in [6, 6.07) is 10.7. The number of aldehydes is 1. The number of hydrogen-bond donors (Lipinski definition) is 3. The van der Waals surface area contributed by atoms with Crippen molar-refractivity contribution in [3.8, 4) is 11.5 Å². The lowest BCUT2D eigenvalue weighted by Crippen LogP contribution is -2.30. The van der Waals surface area contributed by atoms with E-state index in [4.69, 9.17) is 9.47 Å². The molecule has 7 heteroatoms. The van der Waals surface area contributed by atoms with E-state index in [1.54, 1.807) is 38.5 Å². The summed E-state index contributed by atoms with van der Waals surface area (Å²) in [5.74, 6) is 0.941. The van der Waals surface area contributed by atoms with Crippen LogP contribution in [0.15, 0.2) is 36.4 Å². The zero-order valence-corrected chi connectivity index (χ0v) is 17.3. The normalized spacial score (nSPS) is 18.4. The Morgan fingerprint density at radius 1 is 1.07 bits per heavy atom. The summed E-state index contributed by atoms with van der Waals surface area (Å²) in [7, 11) is 3.13. The third kappa shape index (κ3) is 5.30. The molecule has 1 aliphatic rings. The van der Waals surface area contributed by atoms with E-state index in [0.717, 1.165) is 37.5 Å². The van der Waals surface area contributed by atoms with E-state index in [-0.39, 0.29) is 18.1 Å². The lowest BCUT2D eigenvalue weighted by atomic mass is 9.92. The number of aliphatic hydroxyl groups is 1. The van der Waals surface area contributed by atoms with E-state index in [2.05, 4.69) is 10.6 Å². The zero-order chi connectivity index (χ0) is 21.5. The average Bonchev–Trinajstić information content (AvgIpc) is 2.78. The molecule has 0 aromatic heterocycles. The number of benzene rings is 2. The van der Waals surface area contributed by atoms with E-state index < -0.39 is 0 Å². The highest BCUT2D eigenvalue weighted by atomic mass is 16.5. The van der Waals surface area contributed by atoms with Crippen molar-refractivity contribution in [2.45, 2.75) is 44.4 Å². The van der Waals surface area contributed by atoms with Crippen molar-refractivity contribution in [1.82, 2.24) is 5.32 Å². The number of carbonyl (C=O) groups is 2. The maximum Gasteiger partial charge on any atom is 0.253 e. The minimum absolute atomic E-state index is 0.188. The number of rotatable bonds is 8. The second kappa shape index (κ2) is 10.1. The number of aliphatic hydroxyl groups excluding tert-OH is 1. The fraction of sp³-hybridized carbons (Fsp3) is 0.391. The quantitative estimate of drug-likeness (QED) is 0.577. The zero-order valence-electron chi connectivity index (χ0n) is 17.3. The van der Waals surface area contributed by atoms with Gasteiger partial charge >= 0.3 is 0 Å². The van der Waals surface area contributed by atoms with Crippen LogP contribution >= 0.6 is 0 Å².